The molecule has 3 rings (SSSR count). The average Bonchev–Trinajstić information content (AvgIpc) is 2.94. The van der Waals surface area contributed by atoms with E-state index < -0.39 is 9.84 Å². The maximum absolute atomic E-state index is 11.8. The van der Waals surface area contributed by atoms with E-state index in [4.69, 9.17) is 0 Å². The molecule has 7 heteroatoms. The van der Waals surface area contributed by atoms with Gasteiger partial charge >= 0.3 is 0 Å². The molecule has 1 unspecified atom stereocenters. The number of sulfone groups is 1. The van der Waals surface area contributed by atoms with Gasteiger partial charge in [0.05, 0.1) is 11.5 Å². The van der Waals surface area contributed by atoms with Gasteiger partial charge in [0.2, 0.25) is 5.95 Å². The molecule has 1 aromatic carbocycles. The highest BCUT2D eigenvalue weighted by molar-refractivity contribution is 7.91. The van der Waals surface area contributed by atoms with Crippen molar-refractivity contribution in [1.82, 2.24) is 9.97 Å². The first kappa shape index (κ1) is 17.7. The van der Waals surface area contributed by atoms with Gasteiger partial charge in [0, 0.05) is 38.4 Å². The van der Waals surface area contributed by atoms with Gasteiger partial charge in [-0.25, -0.2) is 13.4 Å². The minimum atomic E-state index is -2.92. The van der Waals surface area contributed by atoms with Crippen LogP contribution in [0, 0.1) is 6.92 Å². The van der Waals surface area contributed by atoms with Crippen LogP contribution in [-0.4, -0.2) is 50.0 Å². The van der Waals surface area contributed by atoms with Gasteiger partial charge in [0.15, 0.2) is 9.84 Å². The molecule has 134 valence electrons. The topological polar surface area (TPSA) is 66.4 Å². The zero-order chi connectivity index (χ0) is 18.0. The molecule has 2 aromatic rings. The summed E-state index contributed by atoms with van der Waals surface area (Å²) in [4.78, 5) is 13.2. The third-order valence-corrected chi connectivity index (χ3v) is 6.30. The molecule has 0 aliphatic carbocycles. The van der Waals surface area contributed by atoms with E-state index in [1.165, 1.54) is 5.56 Å². The van der Waals surface area contributed by atoms with Crippen LogP contribution in [0.3, 0.4) is 0 Å². The summed E-state index contributed by atoms with van der Waals surface area (Å²) in [6, 6.07) is 12.1. The van der Waals surface area contributed by atoms with E-state index >= 15 is 0 Å². The first-order chi connectivity index (χ1) is 11.8. The Balaban J connectivity index is 1.80. The molecule has 0 N–H and O–H groups in total. The van der Waals surface area contributed by atoms with E-state index in [1.54, 1.807) is 0 Å². The molecule has 1 saturated heterocycles. The number of aromatic nitrogens is 2. The van der Waals surface area contributed by atoms with Crippen molar-refractivity contribution in [1.29, 1.82) is 0 Å². The van der Waals surface area contributed by atoms with Crippen molar-refractivity contribution in [3.63, 3.8) is 0 Å². The van der Waals surface area contributed by atoms with Crippen molar-refractivity contribution < 1.29 is 8.42 Å². The second-order valence-corrected chi connectivity index (χ2v) is 8.91. The van der Waals surface area contributed by atoms with Gasteiger partial charge in [-0.3, -0.25) is 0 Å². The summed E-state index contributed by atoms with van der Waals surface area (Å²) in [6.45, 7) is 2.65. The maximum atomic E-state index is 11.8. The number of hydrogen-bond acceptors (Lipinski definition) is 6. The molecule has 6 nitrogen and oxygen atoms in total. The van der Waals surface area contributed by atoms with Crippen LogP contribution >= 0.6 is 0 Å². The molecule has 0 spiro atoms. The molecule has 2 heterocycles. The molecule has 1 fully saturated rings. The first-order valence-corrected chi connectivity index (χ1v) is 10.2. The lowest BCUT2D eigenvalue weighted by Gasteiger charge is -2.26. The Morgan fingerprint density at radius 3 is 2.52 bits per heavy atom. The molecule has 0 bridgehead atoms. The summed E-state index contributed by atoms with van der Waals surface area (Å²) in [7, 11) is 0.954. The van der Waals surface area contributed by atoms with Gasteiger partial charge in [-0.05, 0) is 18.9 Å². The van der Waals surface area contributed by atoms with Gasteiger partial charge in [0.1, 0.15) is 5.82 Å². The Labute approximate surface area is 149 Å². The van der Waals surface area contributed by atoms with Gasteiger partial charge in [-0.2, -0.15) is 4.98 Å². The fraction of sp³-hybridized carbons (Fsp3) is 0.444. The molecule has 1 aromatic heterocycles. The smallest absolute Gasteiger partial charge is 0.227 e. The summed E-state index contributed by atoms with van der Waals surface area (Å²) in [5.74, 6) is 1.87. The Kier molecular flexibility index (Phi) is 4.94. The Morgan fingerprint density at radius 1 is 1.16 bits per heavy atom. The third kappa shape index (κ3) is 4.28. The zero-order valence-electron chi connectivity index (χ0n) is 14.9. The number of benzene rings is 1. The molecular weight excluding hydrogens is 336 g/mol. The lowest BCUT2D eigenvalue weighted by Crippen LogP contribution is -2.33. The third-order valence-electron chi connectivity index (χ3n) is 4.55. The molecule has 0 amide bonds. The van der Waals surface area contributed by atoms with E-state index in [9.17, 15) is 8.42 Å². The van der Waals surface area contributed by atoms with Crippen molar-refractivity contribution in [2.24, 2.45) is 0 Å². The monoisotopic (exact) mass is 360 g/mol. The quantitative estimate of drug-likeness (QED) is 0.813. The van der Waals surface area contributed by atoms with Crippen LogP contribution in [0.5, 0.6) is 0 Å². The van der Waals surface area contributed by atoms with Crippen molar-refractivity contribution >= 4 is 21.6 Å². The fourth-order valence-electron chi connectivity index (χ4n) is 3.08. The van der Waals surface area contributed by atoms with Crippen LogP contribution < -0.4 is 9.80 Å². The van der Waals surface area contributed by atoms with E-state index in [0.29, 0.717) is 18.9 Å². The van der Waals surface area contributed by atoms with Crippen LogP contribution in [0.4, 0.5) is 11.8 Å². The molecule has 1 aliphatic rings. The highest BCUT2D eigenvalue weighted by Gasteiger charge is 2.31. The van der Waals surface area contributed by atoms with Gasteiger partial charge in [-0.15, -0.1) is 0 Å². The first-order valence-electron chi connectivity index (χ1n) is 8.38. The Morgan fingerprint density at radius 2 is 1.88 bits per heavy atom. The van der Waals surface area contributed by atoms with Gasteiger partial charge in [-0.1, -0.05) is 30.3 Å². The lowest BCUT2D eigenvalue weighted by molar-refractivity contribution is 0.600. The summed E-state index contributed by atoms with van der Waals surface area (Å²) in [5, 5.41) is 0. The van der Waals surface area contributed by atoms with Crippen molar-refractivity contribution in [3.05, 3.63) is 47.7 Å². The predicted octanol–water partition coefficient (Wildman–Crippen LogP) is 2.04. The second-order valence-electron chi connectivity index (χ2n) is 6.68. The van der Waals surface area contributed by atoms with Crippen LogP contribution in [0.2, 0.25) is 0 Å². The van der Waals surface area contributed by atoms with Crippen molar-refractivity contribution in [2.45, 2.75) is 25.9 Å². The normalized spacial score (nSPS) is 18.9. The number of anilines is 2. The van der Waals surface area contributed by atoms with E-state index in [0.717, 1.165) is 11.5 Å². The number of nitrogens with zero attached hydrogens (tertiary/aromatic N) is 4. The summed E-state index contributed by atoms with van der Waals surface area (Å²) < 4.78 is 23.5. The second kappa shape index (κ2) is 7.00. The van der Waals surface area contributed by atoms with Gasteiger partial charge in [0.25, 0.3) is 0 Å². The fourth-order valence-corrected chi connectivity index (χ4v) is 4.86. The number of rotatable bonds is 5. The number of aryl methyl sites for hydroxylation is 1. The Hall–Kier alpha value is -2.15. The molecule has 25 heavy (non-hydrogen) atoms. The van der Waals surface area contributed by atoms with E-state index in [2.05, 4.69) is 22.1 Å². The van der Waals surface area contributed by atoms with Crippen molar-refractivity contribution in [2.75, 3.05) is 35.4 Å². The molecule has 0 radical (unpaired) electrons. The minimum absolute atomic E-state index is 0.0217. The van der Waals surface area contributed by atoms with Crippen LogP contribution in [0.1, 0.15) is 17.7 Å². The van der Waals surface area contributed by atoms with E-state index in [1.807, 2.05) is 55.1 Å². The van der Waals surface area contributed by atoms with E-state index in [-0.39, 0.29) is 17.5 Å². The molecular formula is C18H24N4O2S. The molecule has 1 atom stereocenters. The molecule has 0 saturated carbocycles. The highest BCUT2D eigenvalue weighted by atomic mass is 32.2. The predicted molar refractivity (Wildman–Crippen MR) is 101 cm³/mol. The minimum Gasteiger partial charge on any atom is -0.355 e. The van der Waals surface area contributed by atoms with Crippen LogP contribution in [-0.2, 0) is 16.4 Å². The maximum Gasteiger partial charge on any atom is 0.227 e. The van der Waals surface area contributed by atoms with Crippen LogP contribution in [0.25, 0.3) is 0 Å². The zero-order valence-corrected chi connectivity index (χ0v) is 15.7. The number of hydrogen-bond donors (Lipinski definition) is 0. The molecule has 1 aliphatic heterocycles. The highest BCUT2D eigenvalue weighted by Crippen LogP contribution is 2.23. The summed E-state index contributed by atoms with van der Waals surface area (Å²) in [6.07, 6.45) is 0.650. The van der Waals surface area contributed by atoms with Gasteiger partial charge < -0.3 is 9.80 Å². The average molecular weight is 360 g/mol. The lowest BCUT2D eigenvalue weighted by atomic mass is 10.2. The SMILES string of the molecule is Cc1cc(N(C)C2CCS(=O)(=O)C2)nc(N(C)Cc2ccccc2)n1. The Bertz CT molecular complexity index is 839. The largest absolute Gasteiger partial charge is 0.355 e. The summed E-state index contributed by atoms with van der Waals surface area (Å²) >= 11 is 0. The van der Waals surface area contributed by atoms with Crippen molar-refractivity contribution in [3.8, 4) is 0 Å². The summed E-state index contributed by atoms with van der Waals surface area (Å²) in [5.41, 5.74) is 2.06. The van der Waals surface area contributed by atoms with Crippen LogP contribution in [0.15, 0.2) is 36.4 Å². The standard InChI is InChI=1S/C18H24N4O2S/c1-14-11-17(22(3)16-9-10-25(23,24)13-16)20-18(19-14)21(2)12-15-7-5-4-6-8-15/h4-8,11,16H,9-10,12-13H2,1-3H3.